The number of rotatable bonds is 4. The number of hydrogen-bond acceptors (Lipinski definition) is 4. The molecule has 0 aliphatic heterocycles. The van der Waals surface area contributed by atoms with Crippen molar-refractivity contribution in [1.82, 2.24) is 14.9 Å². The summed E-state index contributed by atoms with van der Waals surface area (Å²) in [6.45, 7) is 2.35. The SMILES string of the molecule is CC(=O)Oc1cnc2[nH]cc(CCN(C)C)c2c1. The molecule has 0 aliphatic carbocycles. The van der Waals surface area contributed by atoms with E-state index in [4.69, 9.17) is 4.74 Å². The fourth-order valence-electron chi connectivity index (χ4n) is 1.81. The van der Waals surface area contributed by atoms with Crippen LogP contribution in [0.4, 0.5) is 0 Å². The molecule has 0 aromatic carbocycles. The summed E-state index contributed by atoms with van der Waals surface area (Å²) in [7, 11) is 4.08. The van der Waals surface area contributed by atoms with E-state index in [9.17, 15) is 4.79 Å². The quantitative estimate of drug-likeness (QED) is 0.834. The normalized spacial score (nSPS) is 11.1. The van der Waals surface area contributed by atoms with E-state index in [1.54, 1.807) is 6.20 Å². The zero-order valence-corrected chi connectivity index (χ0v) is 10.9. The molecule has 0 saturated carbocycles. The molecule has 2 aromatic heterocycles. The molecule has 5 nitrogen and oxygen atoms in total. The highest BCUT2D eigenvalue weighted by Gasteiger charge is 2.08. The lowest BCUT2D eigenvalue weighted by molar-refractivity contribution is -0.131. The molecule has 0 bridgehead atoms. The average Bonchev–Trinajstić information content (AvgIpc) is 2.68. The molecule has 1 N–H and O–H groups in total. The lowest BCUT2D eigenvalue weighted by atomic mass is 10.1. The number of likely N-dealkylation sites (N-methyl/N-ethyl adjacent to an activating group) is 1. The van der Waals surface area contributed by atoms with Crippen molar-refractivity contribution >= 4 is 17.0 Å². The van der Waals surface area contributed by atoms with Crippen molar-refractivity contribution in [3.05, 3.63) is 24.0 Å². The van der Waals surface area contributed by atoms with Crippen LogP contribution in [0.2, 0.25) is 0 Å². The third kappa shape index (κ3) is 2.87. The molecule has 18 heavy (non-hydrogen) atoms. The van der Waals surface area contributed by atoms with Gasteiger partial charge in [-0.15, -0.1) is 0 Å². The molecule has 0 amide bonds. The topological polar surface area (TPSA) is 58.2 Å². The molecule has 0 atom stereocenters. The monoisotopic (exact) mass is 247 g/mol. The number of carbonyl (C=O) groups excluding carboxylic acids is 1. The molecular weight excluding hydrogens is 230 g/mol. The lowest BCUT2D eigenvalue weighted by Crippen LogP contribution is -2.14. The number of hydrogen-bond donors (Lipinski definition) is 1. The predicted octanol–water partition coefficient (Wildman–Crippen LogP) is 1.59. The zero-order chi connectivity index (χ0) is 13.1. The summed E-state index contributed by atoms with van der Waals surface area (Å²) in [6, 6.07) is 1.85. The number of nitrogens with one attached hydrogen (secondary N) is 1. The van der Waals surface area contributed by atoms with E-state index < -0.39 is 0 Å². The summed E-state index contributed by atoms with van der Waals surface area (Å²) in [5, 5.41) is 1.01. The molecule has 0 aliphatic rings. The van der Waals surface area contributed by atoms with Gasteiger partial charge in [-0.25, -0.2) is 4.98 Å². The van der Waals surface area contributed by atoms with E-state index >= 15 is 0 Å². The zero-order valence-electron chi connectivity index (χ0n) is 10.9. The van der Waals surface area contributed by atoms with Crippen LogP contribution < -0.4 is 4.74 Å². The first-order valence-corrected chi connectivity index (χ1v) is 5.85. The number of nitrogens with zero attached hydrogens (tertiary/aromatic N) is 2. The maximum Gasteiger partial charge on any atom is 0.308 e. The molecule has 0 spiro atoms. The van der Waals surface area contributed by atoms with Gasteiger partial charge in [-0.05, 0) is 32.1 Å². The minimum atomic E-state index is -0.332. The van der Waals surface area contributed by atoms with Gasteiger partial charge in [-0.1, -0.05) is 0 Å². The summed E-state index contributed by atoms with van der Waals surface area (Å²) < 4.78 is 5.05. The van der Waals surface area contributed by atoms with E-state index in [0.29, 0.717) is 5.75 Å². The van der Waals surface area contributed by atoms with Crippen LogP contribution in [0.25, 0.3) is 11.0 Å². The van der Waals surface area contributed by atoms with Crippen LogP contribution in [-0.4, -0.2) is 41.5 Å². The van der Waals surface area contributed by atoms with Gasteiger partial charge in [0, 0.05) is 25.1 Å². The number of esters is 1. The van der Waals surface area contributed by atoms with Crippen molar-refractivity contribution in [2.75, 3.05) is 20.6 Å². The first-order valence-electron chi connectivity index (χ1n) is 5.85. The van der Waals surface area contributed by atoms with Crippen molar-refractivity contribution in [3.8, 4) is 5.75 Å². The van der Waals surface area contributed by atoms with Crippen molar-refractivity contribution in [1.29, 1.82) is 0 Å². The fourth-order valence-corrected chi connectivity index (χ4v) is 1.81. The highest BCUT2D eigenvalue weighted by Crippen LogP contribution is 2.22. The van der Waals surface area contributed by atoms with E-state index in [1.807, 2.05) is 26.4 Å². The van der Waals surface area contributed by atoms with E-state index in [-0.39, 0.29) is 5.97 Å². The number of carbonyl (C=O) groups is 1. The van der Waals surface area contributed by atoms with Crippen molar-refractivity contribution < 1.29 is 9.53 Å². The molecule has 2 rings (SSSR count). The van der Waals surface area contributed by atoms with Gasteiger partial charge >= 0.3 is 5.97 Å². The maximum absolute atomic E-state index is 10.9. The van der Waals surface area contributed by atoms with Gasteiger partial charge < -0.3 is 14.6 Å². The Balaban J connectivity index is 2.28. The number of ether oxygens (including phenoxy) is 1. The van der Waals surface area contributed by atoms with E-state index in [2.05, 4.69) is 14.9 Å². The first-order chi connectivity index (χ1) is 8.56. The van der Waals surface area contributed by atoms with Gasteiger partial charge in [0.25, 0.3) is 0 Å². The van der Waals surface area contributed by atoms with Gasteiger partial charge in [0.05, 0.1) is 6.20 Å². The summed E-state index contributed by atoms with van der Waals surface area (Å²) in [5.41, 5.74) is 2.00. The molecule has 0 unspecified atom stereocenters. The largest absolute Gasteiger partial charge is 0.425 e. The van der Waals surface area contributed by atoms with E-state index in [1.165, 1.54) is 12.5 Å². The standard InChI is InChI=1S/C13H17N3O2/c1-9(17)18-11-6-12-10(4-5-16(2)3)7-14-13(12)15-8-11/h6-8H,4-5H2,1-3H3,(H,14,15). The van der Waals surface area contributed by atoms with Gasteiger partial charge in [0.15, 0.2) is 0 Å². The Morgan fingerprint density at radius 1 is 1.50 bits per heavy atom. The Morgan fingerprint density at radius 3 is 2.94 bits per heavy atom. The van der Waals surface area contributed by atoms with Gasteiger partial charge in [-0.3, -0.25) is 4.79 Å². The Labute approximate surface area is 106 Å². The van der Waals surface area contributed by atoms with Crippen molar-refractivity contribution in [2.45, 2.75) is 13.3 Å². The highest BCUT2D eigenvalue weighted by atomic mass is 16.5. The Kier molecular flexibility index (Phi) is 3.62. The molecule has 0 radical (unpaired) electrons. The highest BCUT2D eigenvalue weighted by molar-refractivity contribution is 5.82. The molecule has 2 heterocycles. The smallest absolute Gasteiger partial charge is 0.308 e. The van der Waals surface area contributed by atoms with Crippen LogP contribution >= 0.6 is 0 Å². The summed E-state index contributed by atoms with van der Waals surface area (Å²) in [6.07, 6.45) is 4.44. The van der Waals surface area contributed by atoms with E-state index in [0.717, 1.165) is 24.0 Å². The molecule has 2 aromatic rings. The van der Waals surface area contributed by atoms with Crippen LogP contribution in [0.15, 0.2) is 18.5 Å². The third-order valence-electron chi connectivity index (χ3n) is 2.68. The van der Waals surface area contributed by atoms with Crippen molar-refractivity contribution in [2.24, 2.45) is 0 Å². The molecule has 96 valence electrons. The minimum Gasteiger partial charge on any atom is -0.425 e. The first kappa shape index (κ1) is 12.6. The summed E-state index contributed by atoms with van der Waals surface area (Å²) in [5.74, 6) is 0.155. The predicted molar refractivity (Wildman–Crippen MR) is 69.7 cm³/mol. The van der Waals surface area contributed by atoms with Crippen LogP contribution in [0.5, 0.6) is 5.75 Å². The Morgan fingerprint density at radius 2 is 2.28 bits per heavy atom. The molecular formula is C13H17N3O2. The van der Waals surface area contributed by atoms with Gasteiger partial charge in [-0.2, -0.15) is 0 Å². The number of aromatic nitrogens is 2. The second-order valence-corrected chi connectivity index (χ2v) is 4.53. The third-order valence-corrected chi connectivity index (χ3v) is 2.68. The molecule has 0 saturated heterocycles. The molecule has 5 heteroatoms. The minimum absolute atomic E-state index is 0.332. The number of aromatic amines is 1. The van der Waals surface area contributed by atoms with Crippen LogP contribution in [0, 0.1) is 0 Å². The number of pyridine rings is 1. The lowest BCUT2D eigenvalue weighted by Gasteiger charge is -2.08. The average molecular weight is 247 g/mol. The summed E-state index contributed by atoms with van der Waals surface area (Å²) in [4.78, 5) is 20.4. The van der Waals surface area contributed by atoms with Gasteiger partial charge in [0.2, 0.25) is 0 Å². The second kappa shape index (κ2) is 5.18. The van der Waals surface area contributed by atoms with Gasteiger partial charge in [0.1, 0.15) is 11.4 Å². The Hall–Kier alpha value is -1.88. The van der Waals surface area contributed by atoms with Crippen molar-refractivity contribution in [3.63, 3.8) is 0 Å². The second-order valence-electron chi connectivity index (χ2n) is 4.53. The number of fused-ring (bicyclic) bond motifs is 1. The maximum atomic E-state index is 10.9. The van der Waals surface area contributed by atoms with Crippen LogP contribution in [0.1, 0.15) is 12.5 Å². The number of H-pyrrole nitrogens is 1. The molecule has 0 fully saturated rings. The van der Waals surface area contributed by atoms with Crippen LogP contribution in [-0.2, 0) is 11.2 Å². The Bertz CT molecular complexity index is 560. The fraction of sp³-hybridized carbons (Fsp3) is 0.385. The van der Waals surface area contributed by atoms with Crippen LogP contribution in [0.3, 0.4) is 0 Å². The summed E-state index contributed by atoms with van der Waals surface area (Å²) >= 11 is 0.